The number of aliphatic carboxylic acids is 1. The van der Waals surface area contributed by atoms with Gasteiger partial charge in [-0.1, -0.05) is 19.9 Å². The second-order valence-electron chi connectivity index (χ2n) is 5.05. The molecule has 0 radical (unpaired) electrons. The van der Waals surface area contributed by atoms with Crippen LogP contribution >= 0.6 is 0 Å². The van der Waals surface area contributed by atoms with E-state index >= 15 is 0 Å². The summed E-state index contributed by atoms with van der Waals surface area (Å²) in [5, 5.41) is 9.98. The number of fused-ring (bicyclic) bond motifs is 1. The molecule has 0 aliphatic rings. The van der Waals surface area contributed by atoms with Crippen LogP contribution in [0.15, 0.2) is 24.3 Å². The highest BCUT2D eigenvalue weighted by Crippen LogP contribution is 2.24. The molecule has 0 aliphatic carbocycles. The molecule has 1 N–H and O–H groups in total. The van der Waals surface area contributed by atoms with Gasteiger partial charge >= 0.3 is 5.97 Å². The van der Waals surface area contributed by atoms with Crippen molar-refractivity contribution in [3.63, 3.8) is 0 Å². The number of hydrogen-bond donors (Lipinski definition) is 1. The lowest BCUT2D eigenvalue weighted by Gasteiger charge is -2.08. The maximum atomic E-state index is 10.7. The average molecular weight is 245 g/mol. The van der Waals surface area contributed by atoms with Crippen LogP contribution in [-0.4, -0.2) is 15.6 Å². The third-order valence-corrected chi connectivity index (χ3v) is 3.35. The zero-order chi connectivity index (χ0) is 13.3. The van der Waals surface area contributed by atoms with Crippen LogP contribution in [0.4, 0.5) is 0 Å². The fourth-order valence-corrected chi connectivity index (χ4v) is 2.29. The summed E-state index contributed by atoms with van der Waals surface area (Å²) in [7, 11) is 0. The number of aryl methyl sites for hydroxylation is 2. The van der Waals surface area contributed by atoms with Gasteiger partial charge < -0.3 is 9.67 Å². The van der Waals surface area contributed by atoms with Crippen molar-refractivity contribution in [2.24, 2.45) is 0 Å². The second kappa shape index (κ2) is 4.84. The van der Waals surface area contributed by atoms with Gasteiger partial charge in [-0.3, -0.25) is 4.79 Å². The zero-order valence-electron chi connectivity index (χ0n) is 11.1. The molecule has 0 spiro atoms. The molecule has 3 nitrogen and oxygen atoms in total. The van der Waals surface area contributed by atoms with Gasteiger partial charge in [-0.05, 0) is 36.6 Å². The van der Waals surface area contributed by atoms with E-state index in [-0.39, 0.29) is 6.42 Å². The Kier molecular flexibility index (Phi) is 3.41. The predicted octanol–water partition coefficient (Wildman–Crippen LogP) is 3.55. The standard InChI is InChI=1S/C15H19NO2/c1-10(2)12-4-5-14-13(9-12)8-11(3)16(14)7-6-15(17)18/h4-5,8-10H,6-7H2,1-3H3,(H,17,18). The third-order valence-electron chi connectivity index (χ3n) is 3.35. The normalized spacial score (nSPS) is 11.3. The van der Waals surface area contributed by atoms with Crippen molar-refractivity contribution < 1.29 is 9.90 Å². The van der Waals surface area contributed by atoms with E-state index < -0.39 is 5.97 Å². The molecular formula is C15H19NO2. The summed E-state index contributed by atoms with van der Waals surface area (Å²) in [6, 6.07) is 8.55. The summed E-state index contributed by atoms with van der Waals surface area (Å²) in [6.45, 7) is 6.91. The Morgan fingerprint density at radius 1 is 1.33 bits per heavy atom. The van der Waals surface area contributed by atoms with Crippen molar-refractivity contribution in [3.05, 3.63) is 35.5 Å². The van der Waals surface area contributed by atoms with Crippen LogP contribution < -0.4 is 0 Å². The molecule has 18 heavy (non-hydrogen) atoms. The molecule has 3 heteroatoms. The number of nitrogens with zero attached hydrogens (tertiary/aromatic N) is 1. The van der Waals surface area contributed by atoms with Gasteiger partial charge in [-0.2, -0.15) is 0 Å². The molecule has 1 heterocycles. The van der Waals surface area contributed by atoms with Crippen LogP contribution in [0.5, 0.6) is 0 Å². The quantitative estimate of drug-likeness (QED) is 0.895. The first-order valence-electron chi connectivity index (χ1n) is 6.30. The number of hydrogen-bond acceptors (Lipinski definition) is 1. The number of carbonyl (C=O) groups is 1. The van der Waals surface area contributed by atoms with Crippen molar-refractivity contribution in [2.45, 2.75) is 39.7 Å². The molecule has 0 unspecified atom stereocenters. The van der Waals surface area contributed by atoms with Crippen molar-refractivity contribution >= 4 is 16.9 Å². The second-order valence-corrected chi connectivity index (χ2v) is 5.05. The molecule has 0 aliphatic heterocycles. The Morgan fingerprint density at radius 2 is 2.06 bits per heavy atom. The fraction of sp³-hybridized carbons (Fsp3) is 0.400. The molecular weight excluding hydrogens is 226 g/mol. The van der Waals surface area contributed by atoms with Gasteiger partial charge in [0.1, 0.15) is 0 Å². The van der Waals surface area contributed by atoms with Gasteiger partial charge in [0.05, 0.1) is 6.42 Å². The topological polar surface area (TPSA) is 42.2 Å². The Balaban J connectivity index is 2.42. The van der Waals surface area contributed by atoms with Gasteiger partial charge in [0.2, 0.25) is 0 Å². The molecule has 0 fully saturated rings. The minimum absolute atomic E-state index is 0.163. The van der Waals surface area contributed by atoms with Crippen molar-refractivity contribution in [1.82, 2.24) is 4.57 Å². The first-order valence-corrected chi connectivity index (χ1v) is 6.30. The molecule has 96 valence electrons. The molecule has 2 rings (SSSR count). The third kappa shape index (κ3) is 2.40. The van der Waals surface area contributed by atoms with E-state index in [2.05, 4.69) is 42.7 Å². The van der Waals surface area contributed by atoms with Crippen LogP contribution in [-0.2, 0) is 11.3 Å². The molecule has 0 amide bonds. The van der Waals surface area contributed by atoms with E-state index in [1.165, 1.54) is 10.9 Å². The highest BCUT2D eigenvalue weighted by molar-refractivity contribution is 5.82. The van der Waals surface area contributed by atoms with Gasteiger partial charge in [0.15, 0.2) is 0 Å². The van der Waals surface area contributed by atoms with E-state index in [1.807, 2.05) is 6.92 Å². The van der Waals surface area contributed by atoms with E-state index in [1.54, 1.807) is 0 Å². The van der Waals surface area contributed by atoms with Gasteiger partial charge in [-0.15, -0.1) is 0 Å². The Hall–Kier alpha value is -1.77. The van der Waals surface area contributed by atoms with Crippen molar-refractivity contribution in [2.75, 3.05) is 0 Å². The summed E-state index contributed by atoms with van der Waals surface area (Å²) in [4.78, 5) is 10.7. The van der Waals surface area contributed by atoms with E-state index in [0.29, 0.717) is 12.5 Å². The van der Waals surface area contributed by atoms with Crippen LogP contribution in [0.2, 0.25) is 0 Å². The Bertz CT molecular complexity index is 581. The highest BCUT2D eigenvalue weighted by atomic mass is 16.4. The van der Waals surface area contributed by atoms with Crippen LogP contribution in [0, 0.1) is 6.92 Å². The molecule has 1 aromatic heterocycles. The molecule has 0 saturated heterocycles. The monoisotopic (exact) mass is 245 g/mol. The van der Waals surface area contributed by atoms with E-state index in [0.717, 1.165) is 11.2 Å². The molecule has 0 saturated carbocycles. The minimum atomic E-state index is -0.755. The number of carboxylic acid groups (broad SMARTS) is 1. The number of rotatable bonds is 4. The molecule has 0 atom stereocenters. The highest BCUT2D eigenvalue weighted by Gasteiger charge is 2.08. The summed E-state index contributed by atoms with van der Waals surface area (Å²) in [6.07, 6.45) is 0.163. The van der Waals surface area contributed by atoms with Crippen LogP contribution in [0.3, 0.4) is 0 Å². The van der Waals surface area contributed by atoms with Crippen molar-refractivity contribution in [1.29, 1.82) is 0 Å². The summed E-state index contributed by atoms with van der Waals surface area (Å²) < 4.78 is 2.08. The van der Waals surface area contributed by atoms with Crippen molar-refractivity contribution in [3.8, 4) is 0 Å². The number of carboxylic acids is 1. The molecule has 0 bridgehead atoms. The Morgan fingerprint density at radius 3 is 2.67 bits per heavy atom. The summed E-state index contributed by atoms with van der Waals surface area (Å²) in [5.41, 5.74) is 3.56. The lowest BCUT2D eigenvalue weighted by atomic mass is 10.0. The first-order chi connectivity index (χ1) is 8.49. The smallest absolute Gasteiger partial charge is 0.305 e. The SMILES string of the molecule is Cc1cc2cc(C(C)C)ccc2n1CCC(=O)O. The van der Waals surface area contributed by atoms with Crippen LogP contribution in [0.1, 0.15) is 37.4 Å². The number of benzene rings is 1. The molecule has 1 aromatic carbocycles. The van der Waals surface area contributed by atoms with Gasteiger partial charge in [0.25, 0.3) is 0 Å². The van der Waals surface area contributed by atoms with E-state index in [4.69, 9.17) is 5.11 Å². The molecule has 2 aromatic rings. The predicted molar refractivity (Wildman–Crippen MR) is 73.0 cm³/mol. The summed E-state index contributed by atoms with van der Waals surface area (Å²) in [5.74, 6) is -0.243. The Labute approximate surface area is 107 Å². The summed E-state index contributed by atoms with van der Waals surface area (Å²) >= 11 is 0. The largest absolute Gasteiger partial charge is 0.481 e. The fourth-order valence-electron chi connectivity index (χ4n) is 2.29. The zero-order valence-corrected chi connectivity index (χ0v) is 11.1. The maximum absolute atomic E-state index is 10.7. The minimum Gasteiger partial charge on any atom is -0.481 e. The lowest BCUT2D eigenvalue weighted by molar-refractivity contribution is -0.137. The van der Waals surface area contributed by atoms with Gasteiger partial charge in [0, 0.05) is 23.1 Å². The van der Waals surface area contributed by atoms with Gasteiger partial charge in [-0.25, -0.2) is 0 Å². The average Bonchev–Trinajstić information content (AvgIpc) is 2.60. The van der Waals surface area contributed by atoms with E-state index in [9.17, 15) is 4.79 Å². The number of aromatic nitrogens is 1. The first kappa shape index (κ1) is 12.7. The maximum Gasteiger partial charge on any atom is 0.305 e. The lowest BCUT2D eigenvalue weighted by Crippen LogP contribution is -2.05. The van der Waals surface area contributed by atoms with Crippen LogP contribution in [0.25, 0.3) is 10.9 Å².